The van der Waals surface area contributed by atoms with Crippen LogP contribution in [0.4, 0.5) is 0 Å². The van der Waals surface area contributed by atoms with E-state index in [1.165, 1.54) is 0 Å². The number of hydrogen-bond donors (Lipinski definition) is 0. The van der Waals surface area contributed by atoms with Crippen LogP contribution in [0.2, 0.25) is 0 Å². The van der Waals surface area contributed by atoms with Gasteiger partial charge in [-0.2, -0.15) is 8.42 Å². The molecule has 5 heteroatoms. The predicted octanol–water partition coefficient (Wildman–Crippen LogP) is 2.93. The Morgan fingerprint density at radius 1 is 1.10 bits per heavy atom. The highest BCUT2D eigenvalue weighted by Gasteiger charge is 2.36. The molecule has 1 aliphatic heterocycles. The second-order valence-corrected chi connectivity index (χ2v) is 6.26. The fourth-order valence-electron chi connectivity index (χ4n) is 2.21. The zero-order valence-corrected chi connectivity index (χ0v) is 11.8. The number of para-hydroxylation sites is 1. The summed E-state index contributed by atoms with van der Waals surface area (Å²) >= 11 is 0. The Balaban J connectivity index is 1.93. The van der Waals surface area contributed by atoms with Crippen LogP contribution in [0.5, 0.6) is 5.75 Å². The molecule has 1 unspecified atom stereocenters. The van der Waals surface area contributed by atoms with Crippen molar-refractivity contribution in [3.05, 3.63) is 65.2 Å². The van der Waals surface area contributed by atoms with Crippen molar-refractivity contribution >= 4 is 10.1 Å². The number of hydrogen-bond acceptors (Lipinski definition) is 4. The van der Waals surface area contributed by atoms with Crippen LogP contribution in [0.1, 0.15) is 22.1 Å². The lowest BCUT2D eigenvalue weighted by Crippen LogP contribution is -2.19. The standard InChI is InChI=1S/C15H14O4S/c1-11-6-2-5-9-14(11)19-20(16,17)15-13-8-4-3-7-12(13)10-18-15/h2-9,15H,10H2,1H3. The Bertz CT molecular complexity index is 737. The summed E-state index contributed by atoms with van der Waals surface area (Å²) in [5.74, 6) is 0.334. The van der Waals surface area contributed by atoms with Gasteiger partial charge in [0, 0.05) is 5.56 Å². The zero-order valence-electron chi connectivity index (χ0n) is 10.9. The first kappa shape index (κ1) is 13.1. The number of ether oxygens (including phenoxy) is 1. The second kappa shape index (κ2) is 4.92. The molecule has 0 radical (unpaired) electrons. The van der Waals surface area contributed by atoms with Crippen molar-refractivity contribution in [2.24, 2.45) is 0 Å². The van der Waals surface area contributed by atoms with Gasteiger partial charge in [0.05, 0.1) is 6.61 Å². The molecular formula is C15H14O4S. The molecule has 3 rings (SSSR count). The van der Waals surface area contributed by atoms with Gasteiger partial charge >= 0.3 is 10.1 Å². The van der Waals surface area contributed by atoms with E-state index in [2.05, 4.69) is 0 Å². The number of fused-ring (bicyclic) bond motifs is 1. The van der Waals surface area contributed by atoms with E-state index in [4.69, 9.17) is 8.92 Å². The largest absolute Gasteiger partial charge is 0.380 e. The van der Waals surface area contributed by atoms with Crippen molar-refractivity contribution in [1.82, 2.24) is 0 Å². The highest BCUT2D eigenvalue weighted by atomic mass is 32.2. The molecular weight excluding hydrogens is 276 g/mol. The first-order valence-corrected chi connectivity index (χ1v) is 7.73. The average molecular weight is 290 g/mol. The highest BCUT2D eigenvalue weighted by Crippen LogP contribution is 2.36. The topological polar surface area (TPSA) is 52.6 Å². The third-order valence-corrected chi connectivity index (χ3v) is 4.59. The van der Waals surface area contributed by atoms with Gasteiger partial charge < -0.3 is 8.92 Å². The van der Waals surface area contributed by atoms with Crippen molar-refractivity contribution in [2.75, 3.05) is 0 Å². The third-order valence-electron chi connectivity index (χ3n) is 3.26. The lowest BCUT2D eigenvalue weighted by Gasteiger charge is -2.14. The average Bonchev–Trinajstić information content (AvgIpc) is 2.86. The number of benzene rings is 2. The Labute approximate surface area is 118 Å². The van der Waals surface area contributed by atoms with Crippen LogP contribution in [-0.2, 0) is 21.5 Å². The van der Waals surface area contributed by atoms with Crippen molar-refractivity contribution in [2.45, 2.75) is 19.0 Å². The van der Waals surface area contributed by atoms with E-state index in [-0.39, 0.29) is 6.61 Å². The smallest absolute Gasteiger partial charge is 0.341 e. The van der Waals surface area contributed by atoms with Crippen molar-refractivity contribution < 1.29 is 17.3 Å². The maximum Gasteiger partial charge on any atom is 0.341 e. The van der Waals surface area contributed by atoms with E-state index >= 15 is 0 Å². The van der Waals surface area contributed by atoms with Gasteiger partial charge in [-0.25, -0.2) is 0 Å². The molecule has 4 nitrogen and oxygen atoms in total. The molecule has 2 aromatic rings. The Morgan fingerprint density at radius 2 is 1.80 bits per heavy atom. The summed E-state index contributed by atoms with van der Waals surface area (Å²) in [5, 5.41) is 0. The normalized spacial score (nSPS) is 17.8. The van der Waals surface area contributed by atoms with Crippen molar-refractivity contribution in [3.8, 4) is 5.75 Å². The van der Waals surface area contributed by atoms with Gasteiger partial charge in [0.1, 0.15) is 5.75 Å². The molecule has 0 N–H and O–H groups in total. The van der Waals surface area contributed by atoms with Gasteiger partial charge in [-0.1, -0.05) is 42.5 Å². The molecule has 0 spiro atoms. The summed E-state index contributed by atoms with van der Waals surface area (Å²) in [6.07, 6.45) is 0. The summed E-state index contributed by atoms with van der Waals surface area (Å²) < 4.78 is 35.3. The first-order valence-electron chi connectivity index (χ1n) is 6.26. The summed E-state index contributed by atoms with van der Waals surface area (Å²) in [6, 6.07) is 14.3. The molecule has 0 fully saturated rings. The molecule has 1 heterocycles. The molecule has 104 valence electrons. The Kier molecular flexibility index (Phi) is 3.23. The molecule has 0 bridgehead atoms. The predicted molar refractivity (Wildman–Crippen MR) is 74.7 cm³/mol. The van der Waals surface area contributed by atoms with Crippen LogP contribution in [0.3, 0.4) is 0 Å². The van der Waals surface area contributed by atoms with E-state index in [1.807, 2.05) is 18.2 Å². The first-order chi connectivity index (χ1) is 9.58. The molecule has 0 aromatic heterocycles. The summed E-state index contributed by atoms with van der Waals surface area (Å²) in [7, 11) is -3.87. The summed E-state index contributed by atoms with van der Waals surface area (Å²) in [6.45, 7) is 2.09. The maximum absolute atomic E-state index is 12.4. The fourth-order valence-corrected chi connectivity index (χ4v) is 3.51. The lowest BCUT2D eigenvalue weighted by atomic mass is 10.1. The van der Waals surface area contributed by atoms with Gasteiger partial charge in [0.25, 0.3) is 0 Å². The molecule has 0 saturated heterocycles. The van der Waals surface area contributed by atoms with Crippen molar-refractivity contribution in [1.29, 1.82) is 0 Å². The molecule has 1 aliphatic rings. The molecule has 2 aromatic carbocycles. The lowest BCUT2D eigenvalue weighted by molar-refractivity contribution is 0.113. The second-order valence-electron chi connectivity index (χ2n) is 4.68. The van der Waals surface area contributed by atoms with E-state index in [0.29, 0.717) is 11.3 Å². The Hall–Kier alpha value is -1.85. The monoisotopic (exact) mass is 290 g/mol. The van der Waals surface area contributed by atoms with E-state index in [9.17, 15) is 8.42 Å². The summed E-state index contributed by atoms with van der Waals surface area (Å²) in [5.41, 5.74) is 1.25. The highest BCUT2D eigenvalue weighted by molar-refractivity contribution is 7.87. The molecule has 20 heavy (non-hydrogen) atoms. The maximum atomic E-state index is 12.4. The van der Waals surface area contributed by atoms with Crippen LogP contribution in [0.15, 0.2) is 48.5 Å². The fraction of sp³-hybridized carbons (Fsp3) is 0.200. The SMILES string of the molecule is Cc1ccccc1OS(=O)(=O)C1OCc2ccccc21. The number of rotatable bonds is 3. The zero-order chi connectivity index (χ0) is 14.2. The van der Waals surface area contributed by atoms with Crippen LogP contribution in [-0.4, -0.2) is 8.42 Å². The van der Waals surface area contributed by atoms with Gasteiger partial charge in [0.15, 0.2) is 0 Å². The van der Waals surface area contributed by atoms with Gasteiger partial charge in [-0.3, -0.25) is 0 Å². The molecule has 1 atom stereocenters. The van der Waals surface area contributed by atoms with Crippen LogP contribution in [0, 0.1) is 6.92 Å². The molecule has 0 saturated carbocycles. The minimum absolute atomic E-state index is 0.289. The summed E-state index contributed by atoms with van der Waals surface area (Å²) in [4.78, 5) is 0. The minimum Gasteiger partial charge on any atom is -0.380 e. The van der Waals surface area contributed by atoms with Crippen molar-refractivity contribution in [3.63, 3.8) is 0 Å². The molecule has 0 aliphatic carbocycles. The van der Waals surface area contributed by atoms with Crippen LogP contribution >= 0.6 is 0 Å². The minimum atomic E-state index is -3.87. The third kappa shape index (κ3) is 2.30. The Morgan fingerprint density at radius 3 is 2.60 bits per heavy atom. The van der Waals surface area contributed by atoms with E-state index < -0.39 is 15.6 Å². The van der Waals surface area contributed by atoms with Gasteiger partial charge in [0.2, 0.25) is 5.44 Å². The van der Waals surface area contributed by atoms with Gasteiger partial charge in [-0.15, -0.1) is 0 Å². The van der Waals surface area contributed by atoms with Crippen LogP contribution in [0.25, 0.3) is 0 Å². The molecule has 0 amide bonds. The van der Waals surface area contributed by atoms with Crippen LogP contribution < -0.4 is 4.18 Å². The van der Waals surface area contributed by atoms with E-state index in [0.717, 1.165) is 11.1 Å². The quantitative estimate of drug-likeness (QED) is 0.816. The number of aryl methyl sites for hydroxylation is 1. The van der Waals surface area contributed by atoms with E-state index in [1.54, 1.807) is 37.3 Å². The van der Waals surface area contributed by atoms with Gasteiger partial charge in [-0.05, 0) is 24.1 Å².